The zero-order valence-electron chi connectivity index (χ0n) is 18.7. The number of carbonyl (C=O) groups excluding carboxylic acids is 2. The largest absolute Gasteiger partial charge is 0.495 e. The van der Waals surface area contributed by atoms with Crippen LogP contribution in [0, 0.1) is 0 Å². The predicted molar refractivity (Wildman–Crippen MR) is 127 cm³/mol. The number of likely N-dealkylation sites (N-methyl/N-ethyl adjacent to an activating group) is 1. The van der Waals surface area contributed by atoms with Crippen molar-refractivity contribution >= 4 is 39.1 Å². The average Bonchev–Trinajstić information content (AvgIpc) is 3.09. The summed E-state index contributed by atoms with van der Waals surface area (Å²) in [6, 6.07) is 10.8. The number of sulfonamides is 1. The Morgan fingerprint density at radius 1 is 1.09 bits per heavy atom. The molecule has 10 heteroatoms. The van der Waals surface area contributed by atoms with Crippen LogP contribution in [0.4, 0.5) is 5.69 Å². The lowest BCUT2D eigenvalue weighted by Gasteiger charge is -2.21. The van der Waals surface area contributed by atoms with Crippen molar-refractivity contribution in [3.63, 3.8) is 0 Å². The van der Waals surface area contributed by atoms with E-state index in [-0.39, 0.29) is 17.0 Å². The lowest BCUT2D eigenvalue weighted by atomic mass is 10.2. The third-order valence-corrected chi connectivity index (χ3v) is 7.58. The van der Waals surface area contributed by atoms with Crippen LogP contribution in [0.1, 0.15) is 36.0 Å². The maximum atomic E-state index is 13.1. The lowest BCUT2D eigenvalue weighted by Crippen LogP contribution is -2.35. The number of nitrogens with zero attached hydrogens (tertiary/aromatic N) is 2. The van der Waals surface area contributed by atoms with Gasteiger partial charge in [0.1, 0.15) is 5.75 Å². The van der Waals surface area contributed by atoms with Gasteiger partial charge in [0.05, 0.1) is 24.2 Å². The summed E-state index contributed by atoms with van der Waals surface area (Å²) in [7, 11) is -0.733. The second kappa shape index (κ2) is 11.0. The molecule has 1 aliphatic rings. The maximum absolute atomic E-state index is 13.1. The number of benzene rings is 2. The van der Waals surface area contributed by atoms with Gasteiger partial charge in [0, 0.05) is 30.7 Å². The fourth-order valence-corrected chi connectivity index (χ4v) is 5.43. The highest BCUT2D eigenvalue weighted by molar-refractivity contribution is 7.89. The molecule has 2 aromatic carbocycles. The number of anilines is 1. The molecule has 0 aromatic heterocycles. The van der Waals surface area contributed by atoms with E-state index in [9.17, 15) is 18.0 Å². The van der Waals surface area contributed by atoms with E-state index in [4.69, 9.17) is 16.3 Å². The van der Waals surface area contributed by atoms with E-state index in [2.05, 4.69) is 5.32 Å². The molecular formula is C23H28ClN3O5S. The van der Waals surface area contributed by atoms with Gasteiger partial charge >= 0.3 is 0 Å². The van der Waals surface area contributed by atoms with Crippen molar-refractivity contribution in [1.82, 2.24) is 9.21 Å². The number of carbonyl (C=O) groups is 2. The molecule has 0 saturated carbocycles. The first-order chi connectivity index (χ1) is 15.7. The molecular weight excluding hydrogens is 466 g/mol. The van der Waals surface area contributed by atoms with E-state index in [0.717, 1.165) is 25.7 Å². The average molecular weight is 494 g/mol. The first kappa shape index (κ1) is 25.0. The summed E-state index contributed by atoms with van der Waals surface area (Å²) in [5.41, 5.74) is 0.586. The third-order valence-electron chi connectivity index (χ3n) is 5.45. The highest BCUT2D eigenvalue weighted by Gasteiger charge is 2.26. The molecule has 3 rings (SSSR count). The minimum atomic E-state index is -3.69. The van der Waals surface area contributed by atoms with Crippen LogP contribution in [0.2, 0.25) is 5.02 Å². The summed E-state index contributed by atoms with van der Waals surface area (Å²) < 4.78 is 32.8. The lowest BCUT2D eigenvalue weighted by molar-refractivity contribution is -0.116. The van der Waals surface area contributed by atoms with Crippen LogP contribution >= 0.6 is 11.6 Å². The first-order valence-electron chi connectivity index (χ1n) is 10.7. The van der Waals surface area contributed by atoms with Gasteiger partial charge in [-0.25, -0.2) is 8.42 Å². The van der Waals surface area contributed by atoms with Gasteiger partial charge in [0.25, 0.3) is 5.91 Å². The van der Waals surface area contributed by atoms with Gasteiger partial charge in [0.2, 0.25) is 15.9 Å². The van der Waals surface area contributed by atoms with Gasteiger partial charge in [-0.05, 0) is 49.2 Å². The standard InChI is InChI=1S/C23H28ClN3O5S/c1-26(16-22(28)25-20-15-18(24)10-11-21(20)32-2)23(29)17-8-7-9-19(14-17)33(30,31)27-12-5-3-4-6-13-27/h7-11,14-15H,3-6,12-13,16H2,1-2H3,(H,25,28). The van der Waals surface area contributed by atoms with Crippen molar-refractivity contribution in [1.29, 1.82) is 0 Å². The summed E-state index contributed by atoms with van der Waals surface area (Å²) in [6.07, 6.45) is 3.68. The molecule has 1 aliphatic heterocycles. The number of hydrogen-bond acceptors (Lipinski definition) is 5. The van der Waals surface area contributed by atoms with Gasteiger partial charge in [0.15, 0.2) is 0 Å². The summed E-state index contributed by atoms with van der Waals surface area (Å²) >= 11 is 5.99. The summed E-state index contributed by atoms with van der Waals surface area (Å²) in [6.45, 7) is 0.721. The Kier molecular flexibility index (Phi) is 8.34. The van der Waals surface area contributed by atoms with Crippen molar-refractivity contribution in [3.8, 4) is 5.75 Å². The second-order valence-corrected chi connectivity index (χ2v) is 10.3. The quantitative estimate of drug-likeness (QED) is 0.635. The number of hydrogen-bond donors (Lipinski definition) is 1. The van der Waals surface area contributed by atoms with E-state index < -0.39 is 21.8 Å². The van der Waals surface area contributed by atoms with Crippen LogP contribution in [0.3, 0.4) is 0 Å². The van der Waals surface area contributed by atoms with Gasteiger partial charge < -0.3 is 15.0 Å². The molecule has 178 valence electrons. The maximum Gasteiger partial charge on any atom is 0.254 e. The highest BCUT2D eigenvalue weighted by atomic mass is 35.5. The van der Waals surface area contributed by atoms with Crippen LogP contribution in [0.25, 0.3) is 0 Å². The Morgan fingerprint density at radius 2 is 1.79 bits per heavy atom. The molecule has 1 heterocycles. The third kappa shape index (κ3) is 6.25. The number of halogens is 1. The number of methoxy groups -OCH3 is 1. The Morgan fingerprint density at radius 3 is 2.45 bits per heavy atom. The van der Waals surface area contributed by atoms with Gasteiger partial charge in [-0.2, -0.15) is 4.31 Å². The summed E-state index contributed by atoms with van der Waals surface area (Å²) in [5, 5.41) is 3.11. The molecule has 0 radical (unpaired) electrons. The molecule has 8 nitrogen and oxygen atoms in total. The Hall–Kier alpha value is -2.62. The highest BCUT2D eigenvalue weighted by Crippen LogP contribution is 2.27. The van der Waals surface area contributed by atoms with Crippen LogP contribution < -0.4 is 10.1 Å². The van der Waals surface area contributed by atoms with E-state index in [1.54, 1.807) is 24.3 Å². The Bertz CT molecular complexity index is 1110. The van der Waals surface area contributed by atoms with Crippen molar-refractivity contribution in [2.45, 2.75) is 30.6 Å². The first-order valence-corrected chi connectivity index (χ1v) is 12.5. The predicted octanol–water partition coefficient (Wildman–Crippen LogP) is 3.62. The van der Waals surface area contributed by atoms with Crippen molar-refractivity contribution in [2.24, 2.45) is 0 Å². The molecule has 0 atom stereocenters. The van der Waals surface area contributed by atoms with Gasteiger partial charge in [-0.1, -0.05) is 30.5 Å². The molecule has 0 aliphatic carbocycles. The van der Waals surface area contributed by atoms with Gasteiger partial charge in [-0.15, -0.1) is 0 Å². The zero-order chi connectivity index (χ0) is 24.0. The molecule has 1 N–H and O–H groups in total. The van der Waals surface area contributed by atoms with E-state index in [0.29, 0.717) is 29.5 Å². The van der Waals surface area contributed by atoms with E-state index in [1.165, 1.54) is 41.6 Å². The minimum Gasteiger partial charge on any atom is -0.495 e. The number of nitrogens with one attached hydrogen (secondary N) is 1. The SMILES string of the molecule is COc1ccc(Cl)cc1NC(=O)CN(C)C(=O)c1cccc(S(=O)(=O)N2CCCCCC2)c1. The molecule has 1 saturated heterocycles. The van der Waals surface area contributed by atoms with Gasteiger partial charge in [-0.3, -0.25) is 9.59 Å². The molecule has 0 bridgehead atoms. The Balaban J connectivity index is 1.71. The van der Waals surface area contributed by atoms with E-state index in [1.807, 2.05) is 0 Å². The molecule has 2 amide bonds. The monoisotopic (exact) mass is 493 g/mol. The zero-order valence-corrected chi connectivity index (χ0v) is 20.3. The van der Waals surface area contributed by atoms with Crippen molar-refractivity contribution < 1.29 is 22.7 Å². The normalized spacial score (nSPS) is 14.9. The molecule has 1 fully saturated rings. The number of rotatable bonds is 7. The van der Waals surface area contributed by atoms with Crippen molar-refractivity contribution in [2.75, 3.05) is 39.1 Å². The van der Waals surface area contributed by atoms with Crippen LogP contribution in [-0.4, -0.2) is 63.2 Å². The van der Waals surface area contributed by atoms with Crippen LogP contribution in [0.5, 0.6) is 5.75 Å². The molecule has 0 unspecified atom stereocenters. The fourth-order valence-electron chi connectivity index (χ4n) is 3.70. The topological polar surface area (TPSA) is 96.0 Å². The Labute approximate surface area is 199 Å². The number of amides is 2. The van der Waals surface area contributed by atoms with Crippen molar-refractivity contribution in [3.05, 3.63) is 53.1 Å². The smallest absolute Gasteiger partial charge is 0.254 e. The molecule has 33 heavy (non-hydrogen) atoms. The van der Waals surface area contributed by atoms with E-state index >= 15 is 0 Å². The number of ether oxygens (including phenoxy) is 1. The van der Waals surface area contributed by atoms with Crippen LogP contribution in [-0.2, 0) is 14.8 Å². The molecule has 2 aromatic rings. The second-order valence-electron chi connectivity index (χ2n) is 7.90. The summed E-state index contributed by atoms with van der Waals surface area (Å²) in [4.78, 5) is 26.7. The fraction of sp³-hybridized carbons (Fsp3) is 0.391. The summed E-state index contributed by atoms with van der Waals surface area (Å²) in [5.74, 6) is -0.468. The molecule has 0 spiro atoms. The van der Waals surface area contributed by atoms with Crippen LogP contribution in [0.15, 0.2) is 47.4 Å². The minimum absolute atomic E-state index is 0.0803.